The Hall–Kier alpha value is -2.88. The summed E-state index contributed by atoms with van der Waals surface area (Å²) >= 11 is 0. The lowest BCUT2D eigenvalue weighted by Gasteiger charge is -2.39. The third-order valence-corrected chi connectivity index (χ3v) is 5.88. The number of piperidine rings is 1. The fourth-order valence-electron chi connectivity index (χ4n) is 4.72. The monoisotopic (exact) mass is 358 g/mol. The summed E-state index contributed by atoms with van der Waals surface area (Å²) in [5.41, 5.74) is 0.816. The highest BCUT2D eigenvalue weighted by atomic mass is 16.5. The number of hydrogen-bond donors (Lipinski definition) is 0. The molecular weight excluding hydrogens is 336 g/mol. The van der Waals surface area contributed by atoms with Gasteiger partial charge in [-0.05, 0) is 41.8 Å². The third-order valence-electron chi connectivity index (χ3n) is 5.88. The topological polar surface area (TPSA) is 42.4 Å². The molecule has 2 aromatic carbocycles. The summed E-state index contributed by atoms with van der Waals surface area (Å²) in [6, 6.07) is 18.5. The second-order valence-corrected chi connectivity index (χ2v) is 7.52. The van der Waals surface area contributed by atoms with Crippen molar-refractivity contribution in [3.8, 4) is 5.75 Å². The van der Waals surface area contributed by atoms with Crippen LogP contribution >= 0.6 is 0 Å². The molecule has 3 aromatic rings. The molecule has 0 aliphatic carbocycles. The average Bonchev–Trinajstić information content (AvgIpc) is 2.98. The largest absolute Gasteiger partial charge is 0.489 e. The lowest BCUT2D eigenvalue weighted by Crippen LogP contribution is -2.49. The normalized spacial score (nSPS) is 24.1. The Bertz CT molecular complexity index is 953. The number of aromatic nitrogens is 1. The number of pyridine rings is 1. The van der Waals surface area contributed by atoms with Crippen LogP contribution in [0.3, 0.4) is 0 Å². The summed E-state index contributed by atoms with van der Waals surface area (Å²) in [5.74, 6) is 0.981. The van der Waals surface area contributed by atoms with Crippen LogP contribution in [0.1, 0.15) is 36.0 Å². The Morgan fingerprint density at radius 2 is 1.74 bits per heavy atom. The minimum atomic E-state index is 0.156. The third kappa shape index (κ3) is 2.95. The van der Waals surface area contributed by atoms with E-state index in [1.54, 1.807) is 12.4 Å². The van der Waals surface area contributed by atoms with Gasteiger partial charge in [-0.3, -0.25) is 9.78 Å². The van der Waals surface area contributed by atoms with Crippen LogP contribution < -0.4 is 4.74 Å². The van der Waals surface area contributed by atoms with Crippen molar-refractivity contribution in [2.45, 2.75) is 43.9 Å². The first-order valence-electron chi connectivity index (χ1n) is 9.67. The summed E-state index contributed by atoms with van der Waals surface area (Å²) in [7, 11) is 0. The summed E-state index contributed by atoms with van der Waals surface area (Å²) in [6.45, 7) is 0. The molecule has 2 atom stereocenters. The van der Waals surface area contributed by atoms with Gasteiger partial charge in [0.2, 0.25) is 0 Å². The van der Waals surface area contributed by atoms with Crippen molar-refractivity contribution in [3.63, 3.8) is 0 Å². The second-order valence-electron chi connectivity index (χ2n) is 7.52. The molecule has 4 heteroatoms. The Labute approximate surface area is 158 Å². The number of amides is 1. The van der Waals surface area contributed by atoms with Crippen molar-refractivity contribution in [2.75, 3.05) is 0 Å². The average molecular weight is 358 g/mol. The van der Waals surface area contributed by atoms with Crippen molar-refractivity contribution in [3.05, 3.63) is 72.6 Å². The van der Waals surface area contributed by atoms with Gasteiger partial charge >= 0.3 is 0 Å². The predicted octanol–water partition coefficient (Wildman–Crippen LogP) is 4.45. The molecule has 2 bridgehead atoms. The van der Waals surface area contributed by atoms with Gasteiger partial charge in [0, 0.05) is 36.7 Å². The summed E-state index contributed by atoms with van der Waals surface area (Å²) < 4.78 is 6.14. The summed E-state index contributed by atoms with van der Waals surface area (Å²) in [5, 5.41) is 2.16. The number of nitrogens with zero attached hydrogens (tertiary/aromatic N) is 2. The molecule has 1 aromatic heterocycles. The van der Waals surface area contributed by atoms with Gasteiger partial charge in [-0.15, -0.1) is 0 Å². The number of benzene rings is 2. The quantitative estimate of drug-likeness (QED) is 0.695. The van der Waals surface area contributed by atoms with Crippen molar-refractivity contribution in [2.24, 2.45) is 0 Å². The maximum absolute atomic E-state index is 13.4. The van der Waals surface area contributed by atoms with Gasteiger partial charge < -0.3 is 9.64 Å². The fraction of sp³-hybridized carbons (Fsp3) is 0.304. The summed E-state index contributed by atoms with van der Waals surface area (Å²) in [6.07, 6.45) is 7.58. The Morgan fingerprint density at radius 1 is 0.963 bits per heavy atom. The van der Waals surface area contributed by atoms with Crippen molar-refractivity contribution in [1.29, 1.82) is 0 Å². The lowest BCUT2D eigenvalue weighted by atomic mass is 9.97. The summed E-state index contributed by atoms with van der Waals surface area (Å²) in [4.78, 5) is 19.7. The number of carbonyl (C=O) groups is 1. The van der Waals surface area contributed by atoms with Crippen molar-refractivity contribution >= 4 is 16.7 Å². The first-order valence-corrected chi connectivity index (χ1v) is 9.67. The lowest BCUT2D eigenvalue weighted by molar-refractivity contribution is 0.0359. The van der Waals surface area contributed by atoms with E-state index in [9.17, 15) is 4.79 Å². The van der Waals surface area contributed by atoms with E-state index in [0.717, 1.165) is 47.8 Å². The van der Waals surface area contributed by atoms with E-state index < -0.39 is 0 Å². The highest BCUT2D eigenvalue weighted by Crippen LogP contribution is 2.38. The molecule has 4 nitrogen and oxygen atoms in total. The highest BCUT2D eigenvalue weighted by Gasteiger charge is 2.44. The molecule has 5 rings (SSSR count). The maximum atomic E-state index is 13.4. The van der Waals surface area contributed by atoms with E-state index in [1.165, 1.54) is 0 Å². The molecular formula is C23H22N2O2. The van der Waals surface area contributed by atoms with Gasteiger partial charge in [0.25, 0.3) is 5.91 Å². The SMILES string of the molecule is O=C(c1cccc2ccccc12)N1C2CCC1CC(Oc1cccnc1)C2. The molecule has 1 amide bonds. The molecule has 136 valence electrons. The molecule has 2 fully saturated rings. The molecule has 27 heavy (non-hydrogen) atoms. The highest BCUT2D eigenvalue weighted by molar-refractivity contribution is 6.07. The van der Waals surface area contributed by atoms with Crippen LogP contribution in [0.2, 0.25) is 0 Å². The van der Waals surface area contributed by atoms with Gasteiger partial charge in [-0.2, -0.15) is 0 Å². The van der Waals surface area contributed by atoms with Crippen LogP contribution in [0.5, 0.6) is 5.75 Å². The zero-order chi connectivity index (χ0) is 18.2. The van der Waals surface area contributed by atoms with Gasteiger partial charge in [-0.1, -0.05) is 36.4 Å². The number of rotatable bonds is 3. The molecule has 2 aliphatic heterocycles. The van der Waals surface area contributed by atoms with Crippen molar-refractivity contribution in [1.82, 2.24) is 9.88 Å². The molecule has 0 saturated carbocycles. The van der Waals surface area contributed by atoms with Gasteiger partial charge in [0.15, 0.2) is 0 Å². The van der Waals surface area contributed by atoms with Crippen LogP contribution in [0.15, 0.2) is 67.0 Å². The number of hydrogen-bond acceptors (Lipinski definition) is 3. The zero-order valence-electron chi connectivity index (χ0n) is 15.1. The maximum Gasteiger partial charge on any atom is 0.254 e. The number of carbonyl (C=O) groups excluding carboxylic acids is 1. The molecule has 0 radical (unpaired) electrons. The van der Waals surface area contributed by atoms with E-state index in [-0.39, 0.29) is 24.1 Å². The Kier molecular flexibility index (Phi) is 4.04. The first kappa shape index (κ1) is 16.3. The van der Waals surface area contributed by atoms with Gasteiger partial charge in [0.05, 0.1) is 6.20 Å². The second kappa shape index (κ2) is 6.69. The van der Waals surface area contributed by atoms with Crippen LogP contribution in [-0.2, 0) is 0 Å². The van der Waals surface area contributed by atoms with Gasteiger partial charge in [0.1, 0.15) is 11.9 Å². The minimum absolute atomic E-state index is 0.156. The molecule has 0 N–H and O–H groups in total. The molecule has 2 unspecified atom stereocenters. The molecule has 0 spiro atoms. The van der Waals surface area contributed by atoms with Crippen LogP contribution in [0.4, 0.5) is 0 Å². The molecule has 2 aliphatic rings. The van der Waals surface area contributed by atoms with Gasteiger partial charge in [-0.25, -0.2) is 0 Å². The zero-order valence-corrected chi connectivity index (χ0v) is 15.1. The smallest absolute Gasteiger partial charge is 0.254 e. The van der Waals surface area contributed by atoms with E-state index in [2.05, 4.69) is 22.0 Å². The Morgan fingerprint density at radius 3 is 2.52 bits per heavy atom. The van der Waals surface area contributed by atoms with E-state index in [0.29, 0.717) is 0 Å². The first-order chi connectivity index (χ1) is 13.3. The van der Waals surface area contributed by atoms with E-state index >= 15 is 0 Å². The van der Waals surface area contributed by atoms with E-state index in [1.807, 2.05) is 42.5 Å². The van der Waals surface area contributed by atoms with E-state index in [4.69, 9.17) is 4.74 Å². The van der Waals surface area contributed by atoms with Crippen LogP contribution in [0, 0.1) is 0 Å². The standard InChI is InChI=1S/C23H22N2O2/c26-23(22-9-3-6-16-5-1-2-8-21(16)22)25-17-10-11-18(25)14-20(13-17)27-19-7-4-12-24-15-19/h1-9,12,15,17-18,20H,10-11,13-14H2. The number of ether oxygens (including phenoxy) is 1. The molecule has 2 saturated heterocycles. The fourth-order valence-corrected chi connectivity index (χ4v) is 4.72. The van der Waals surface area contributed by atoms with Crippen molar-refractivity contribution < 1.29 is 9.53 Å². The number of fused-ring (bicyclic) bond motifs is 3. The predicted molar refractivity (Wildman–Crippen MR) is 105 cm³/mol. The van der Waals surface area contributed by atoms with Crippen LogP contribution in [-0.4, -0.2) is 34.0 Å². The Balaban J connectivity index is 1.38. The molecule has 3 heterocycles. The minimum Gasteiger partial charge on any atom is -0.489 e. The van der Waals surface area contributed by atoms with Crippen LogP contribution in [0.25, 0.3) is 10.8 Å².